The highest BCUT2D eigenvalue weighted by Gasteiger charge is 2.33. The summed E-state index contributed by atoms with van der Waals surface area (Å²) in [5.41, 5.74) is 2.81. The van der Waals surface area contributed by atoms with Gasteiger partial charge in [-0.25, -0.2) is 0 Å². The van der Waals surface area contributed by atoms with E-state index in [-0.39, 0.29) is 16.9 Å². The number of aromatic nitrogens is 2. The Morgan fingerprint density at radius 1 is 0.816 bits per heavy atom. The zero-order chi connectivity index (χ0) is 27.7. The van der Waals surface area contributed by atoms with E-state index in [4.69, 9.17) is 5.73 Å². The summed E-state index contributed by atoms with van der Waals surface area (Å²) in [4.78, 5) is 34.3. The highest BCUT2D eigenvalue weighted by Crippen LogP contribution is 2.35. The molecule has 0 fully saturated rings. The van der Waals surface area contributed by atoms with Crippen molar-refractivity contribution < 1.29 is 35.9 Å². The fourth-order valence-corrected chi connectivity index (χ4v) is 3.59. The maximum absolute atomic E-state index is 13.7. The number of anilines is 2. The molecular weight excluding hydrogens is 514 g/mol. The lowest BCUT2D eigenvalue weighted by molar-refractivity contribution is -0.141. The van der Waals surface area contributed by atoms with Crippen LogP contribution in [-0.4, -0.2) is 21.8 Å². The van der Waals surface area contributed by atoms with Crippen LogP contribution in [0.3, 0.4) is 0 Å². The normalized spacial score (nSPS) is 12.4. The molecule has 0 aliphatic heterocycles. The minimum absolute atomic E-state index is 0.0631. The van der Waals surface area contributed by atoms with Crippen LogP contribution in [0.1, 0.15) is 16.8 Å². The average Bonchev–Trinajstić information content (AvgIpc) is 2.86. The van der Waals surface area contributed by atoms with Gasteiger partial charge < -0.3 is 5.73 Å². The summed E-state index contributed by atoms with van der Waals surface area (Å²) in [6, 6.07) is 13.2. The van der Waals surface area contributed by atoms with E-state index in [0.717, 1.165) is 41.4 Å². The van der Waals surface area contributed by atoms with E-state index in [2.05, 4.69) is 9.97 Å². The van der Waals surface area contributed by atoms with Gasteiger partial charge in [0.05, 0.1) is 11.1 Å². The number of hydrogen-bond donors (Lipinski definition) is 1. The van der Waals surface area contributed by atoms with E-state index in [0.29, 0.717) is 17.0 Å². The van der Waals surface area contributed by atoms with Crippen LogP contribution in [0.5, 0.6) is 0 Å². The summed E-state index contributed by atoms with van der Waals surface area (Å²) >= 11 is 0. The number of nitrogens with zero attached hydrogens (tertiary/aromatic N) is 3. The van der Waals surface area contributed by atoms with Crippen LogP contribution < -0.4 is 10.6 Å². The van der Waals surface area contributed by atoms with Gasteiger partial charge in [-0.3, -0.25) is 24.5 Å². The van der Waals surface area contributed by atoms with Crippen molar-refractivity contribution in [2.45, 2.75) is 12.4 Å². The van der Waals surface area contributed by atoms with Gasteiger partial charge in [-0.1, -0.05) is 18.2 Å². The van der Waals surface area contributed by atoms with Crippen molar-refractivity contribution in [2.24, 2.45) is 5.73 Å². The van der Waals surface area contributed by atoms with Gasteiger partial charge >= 0.3 is 12.4 Å². The lowest BCUT2D eigenvalue weighted by Gasteiger charge is -2.25. The van der Waals surface area contributed by atoms with Crippen LogP contribution >= 0.6 is 0 Å². The van der Waals surface area contributed by atoms with Gasteiger partial charge in [-0.15, -0.1) is 0 Å². The van der Waals surface area contributed by atoms with Crippen LogP contribution in [0.2, 0.25) is 0 Å². The molecule has 0 unspecified atom stereocenters. The van der Waals surface area contributed by atoms with Gasteiger partial charge in [0.15, 0.2) is 0 Å². The van der Waals surface area contributed by atoms with Gasteiger partial charge in [0, 0.05) is 29.2 Å². The first-order valence-electron chi connectivity index (χ1n) is 10.8. The minimum atomic E-state index is -4.73. The van der Waals surface area contributed by atoms with E-state index in [1.807, 2.05) is 0 Å². The predicted molar refractivity (Wildman–Crippen MR) is 127 cm³/mol. The molecule has 2 heterocycles. The number of carbonyl (C=O) groups is 2. The van der Waals surface area contributed by atoms with Crippen molar-refractivity contribution in [1.29, 1.82) is 0 Å². The molecular formula is C26H16F6N4O2. The number of carbonyl (C=O) groups excluding carboxylic acids is 2. The summed E-state index contributed by atoms with van der Waals surface area (Å²) in [5.74, 6) is -2.37. The van der Waals surface area contributed by atoms with Crippen molar-refractivity contribution in [2.75, 3.05) is 4.90 Å². The van der Waals surface area contributed by atoms with Gasteiger partial charge in [-0.2, -0.15) is 26.3 Å². The monoisotopic (exact) mass is 530 g/mol. The second-order valence-corrected chi connectivity index (χ2v) is 7.97. The third kappa shape index (κ3) is 5.64. The molecule has 0 saturated heterocycles. The second kappa shape index (κ2) is 9.96. The number of halogens is 6. The first-order chi connectivity index (χ1) is 17.8. The van der Waals surface area contributed by atoms with Gasteiger partial charge in [0.25, 0.3) is 11.8 Å². The van der Waals surface area contributed by atoms with E-state index in [1.165, 1.54) is 30.5 Å². The van der Waals surface area contributed by atoms with Crippen molar-refractivity contribution in [3.63, 3.8) is 0 Å². The van der Waals surface area contributed by atoms with Crippen LogP contribution in [-0.2, 0) is 21.9 Å². The number of fused-ring (bicyclic) bond motifs is 1. The Bertz CT molecular complexity index is 1550. The highest BCUT2D eigenvalue weighted by molar-refractivity contribution is 6.28. The number of benzene rings is 2. The third-order valence-electron chi connectivity index (χ3n) is 5.36. The largest absolute Gasteiger partial charge is 0.433 e. The number of rotatable bonds is 5. The smallest absolute Gasteiger partial charge is 0.365 e. The molecule has 0 bridgehead atoms. The molecule has 194 valence electrons. The zero-order valence-corrected chi connectivity index (χ0v) is 19.1. The summed E-state index contributed by atoms with van der Waals surface area (Å²) < 4.78 is 78.9. The lowest BCUT2D eigenvalue weighted by atomic mass is 10.1. The van der Waals surface area contributed by atoms with Crippen LogP contribution in [0.15, 0.2) is 84.7 Å². The molecule has 0 radical (unpaired) electrons. The number of primary amides is 1. The van der Waals surface area contributed by atoms with Crippen LogP contribution in [0, 0.1) is 0 Å². The molecule has 0 aliphatic carbocycles. The first kappa shape index (κ1) is 26.3. The molecule has 4 aromatic rings. The van der Waals surface area contributed by atoms with Gasteiger partial charge in [-0.05, 0) is 60.2 Å². The molecule has 0 aliphatic rings. The Kier molecular flexibility index (Phi) is 6.90. The Morgan fingerprint density at radius 3 is 2.18 bits per heavy atom. The number of amides is 2. The summed E-state index contributed by atoms with van der Waals surface area (Å²) in [6.45, 7) is 0. The highest BCUT2D eigenvalue weighted by atomic mass is 19.4. The van der Waals surface area contributed by atoms with Gasteiger partial charge in [0.1, 0.15) is 11.3 Å². The molecule has 0 saturated carbocycles. The average molecular weight is 530 g/mol. The molecule has 12 heteroatoms. The third-order valence-corrected chi connectivity index (χ3v) is 5.36. The second-order valence-electron chi connectivity index (χ2n) is 7.97. The van der Waals surface area contributed by atoms with E-state index in [9.17, 15) is 35.9 Å². The Morgan fingerprint density at radius 2 is 1.55 bits per heavy atom. The van der Waals surface area contributed by atoms with Crippen molar-refractivity contribution in [3.8, 4) is 0 Å². The maximum Gasteiger partial charge on any atom is 0.433 e. The number of alkyl halides is 6. The molecule has 2 aromatic heterocycles. The molecule has 2 amide bonds. The SMILES string of the molecule is NC(=O)/C(=C/c1ccc(C(F)(F)F)nc1)C(=O)N(c1cccc(C(F)(F)F)c1)c1ccc2ncccc2c1. The van der Waals surface area contributed by atoms with Crippen molar-refractivity contribution >= 4 is 40.2 Å². The molecule has 0 spiro atoms. The molecule has 6 nitrogen and oxygen atoms in total. The quantitative estimate of drug-likeness (QED) is 0.151. The topological polar surface area (TPSA) is 89.2 Å². The molecule has 38 heavy (non-hydrogen) atoms. The van der Waals surface area contributed by atoms with E-state index in [1.54, 1.807) is 12.1 Å². The van der Waals surface area contributed by atoms with Crippen LogP contribution in [0.4, 0.5) is 37.7 Å². The number of nitrogens with two attached hydrogens (primary N) is 1. The lowest BCUT2D eigenvalue weighted by Crippen LogP contribution is -2.33. The summed E-state index contributed by atoms with van der Waals surface area (Å²) in [5, 5.41) is 0.548. The first-order valence-corrected chi connectivity index (χ1v) is 10.8. The fourth-order valence-electron chi connectivity index (χ4n) is 3.59. The van der Waals surface area contributed by atoms with Crippen LogP contribution in [0.25, 0.3) is 17.0 Å². The molecule has 0 atom stereocenters. The summed E-state index contributed by atoms with van der Waals surface area (Å²) in [6.07, 6.45) is -6.21. The Labute approximate surface area is 211 Å². The Balaban J connectivity index is 1.86. The molecule has 2 N–H and O–H groups in total. The fraction of sp³-hybridized carbons (Fsp3) is 0.0769. The Hall–Kier alpha value is -4.74. The summed E-state index contributed by atoms with van der Waals surface area (Å²) in [7, 11) is 0. The van der Waals surface area contributed by atoms with Gasteiger partial charge in [0.2, 0.25) is 0 Å². The molecule has 2 aromatic carbocycles. The van der Waals surface area contributed by atoms with Crippen molar-refractivity contribution in [1.82, 2.24) is 9.97 Å². The number of hydrogen-bond acceptors (Lipinski definition) is 4. The molecule has 4 rings (SSSR count). The standard InChI is InChI=1S/C26H16F6N4O2/c27-25(28,29)17-4-1-5-18(13-17)36(19-7-8-21-16(12-19)3-2-10-34-21)24(38)20(23(33)37)11-15-6-9-22(35-14-15)26(30,31)32/h1-14H,(H2,33,37)/b20-11-. The van der Waals surface area contributed by atoms with E-state index >= 15 is 0 Å². The van der Waals surface area contributed by atoms with E-state index < -0.39 is 41.0 Å². The number of pyridine rings is 2. The minimum Gasteiger partial charge on any atom is -0.365 e. The zero-order valence-electron chi connectivity index (χ0n) is 19.1. The maximum atomic E-state index is 13.7. The van der Waals surface area contributed by atoms with Crippen molar-refractivity contribution in [3.05, 3.63) is 102 Å². The predicted octanol–water partition coefficient (Wildman–Crippen LogP) is 5.90.